The van der Waals surface area contributed by atoms with Crippen LogP contribution in [0.25, 0.3) is 0 Å². The minimum absolute atomic E-state index is 0.101. The fourth-order valence-corrected chi connectivity index (χ4v) is 2.61. The summed E-state index contributed by atoms with van der Waals surface area (Å²) in [6.45, 7) is 2.04. The Bertz CT molecular complexity index is 319. The molecule has 16 heavy (non-hydrogen) atoms. The maximum Gasteiger partial charge on any atom is 0.389 e. The molecule has 1 aromatic heterocycles. The lowest BCUT2D eigenvalue weighted by Crippen LogP contribution is -2.18. The standard InChI is InChI=1S/C11H16F3NS/c1-3-8-4-5-10(16-8)9(15-2)6-7-11(12,13)14/h4-5,9,15H,3,6-7H2,1-2H3. The van der Waals surface area contributed by atoms with Crippen molar-refractivity contribution >= 4 is 11.3 Å². The Kier molecular flexibility index (Phi) is 4.80. The lowest BCUT2D eigenvalue weighted by Gasteiger charge is -2.15. The van der Waals surface area contributed by atoms with E-state index in [1.165, 1.54) is 4.88 Å². The lowest BCUT2D eigenvalue weighted by atomic mass is 10.1. The van der Waals surface area contributed by atoms with E-state index in [4.69, 9.17) is 0 Å². The van der Waals surface area contributed by atoms with Gasteiger partial charge in [0.15, 0.2) is 0 Å². The molecule has 0 saturated heterocycles. The molecular weight excluding hydrogens is 235 g/mol. The molecule has 5 heteroatoms. The molecule has 0 aliphatic carbocycles. The molecule has 1 aromatic rings. The Morgan fingerprint density at radius 2 is 2.06 bits per heavy atom. The van der Waals surface area contributed by atoms with Crippen LogP contribution in [-0.2, 0) is 6.42 Å². The van der Waals surface area contributed by atoms with Gasteiger partial charge >= 0.3 is 6.18 Å². The van der Waals surface area contributed by atoms with Gasteiger partial charge in [0.1, 0.15) is 0 Å². The molecule has 0 amide bonds. The zero-order valence-corrected chi connectivity index (χ0v) is 10.2. The number of alkyl halides is 3. The third-order valence-corrected chi connectivity index (χ3v) is 3.78. The summed E-state index contributed by atoms with van der Waals surface area (Å²) in [5, 5.41) is 2.94. The van der Waals surface area contributed by atoms with Crippen LogP contribution in [0.15, 0.2) is 12.1 Å². The first-order chi connectivity index (χ1) is 7.46. The second kappa shape index (κ2) is 5.68. The third kappa shape index (κ3) is 4.14. The van der Waals surface area contributed by atoms with Crippen molar-refractivity contribution in [1.82, 2.24) is 5.32 Å². The lowest BCUT2D eigenvalue weighted by molar-refractivity contribution is -0.136. The highest BCUT2D eigenvalue weighted by Gasteiger charge is 2.28. The minimum atomic E-state index is -4.07. The number of hydrogen-bond acceptors (Lipinski definition) is 2. The fourth-order valence-electron chi connectivity index (χ4n) is 1.51. The third-order valence-electron chi connectivity index (χ3n) is 2.44. The smallest absolute Gasteiger partial charge is 0.312 e. The Labute approximate surface area is 97.7 Å². The number of aryl methyl sites for hydroxylation is 1. The average Bonchev–Trinajstić information content (AvgIpc) is 2.65. The van der Waals surface area contributed by atoms with Crippen molar-refractivity contribution in [2.24, 2.45) is 0 Å². The number of nitrogens with one attached hydrogen (secondary N) is 1. The Hall–Kier alpha value is -0.550. The van der Waals surface area contributed by atoms with Gasteiger partial charge in [0.2, 0.25) is 0 Å². The first-order valence-corrected chi connectivity index (χ1v) is 6.10. The summed E-state index contributed by atoms with van der Waals surface area (Å²) in [4.78, 5) is 2.20. The molecule has 1 atom stereocenters. The molecule has 0 fully saturated rings. The van der Waals surface area contributed by atoms with Gasteiger partial charge in [0.25, 0.3) is 0 Å². The first-order valence-electron chi connectivity index (χ1n) is 5.29. The number of hydrogen-bond donors (Lipinski definition) is 1. The molecule has 1 rings (SSSR count). The van der Waals surface area contributed by atoms with Crippen LogP contribution in [0.1, 0.15) is 35.6 Å². The molecule has 0 aromatic carbocycles. The molecule has 1 N–H and O–H groups in total. The quantitative estimate of drug-likeness (QED) is 0.836. The number of halogens is 3. The largest absolute Gasteiger partial charge is 0.389 e. The fraction of sp³-hybridized carbons (Fsp3) is 0.636. The van der Waals surface area contributed by atoms with E-state index in [0.717, 1.165) is 11.3 Å². The molecule has 1 heterocycles. The van der Waals surface area contributed by atoms with Crippen molar-refractivity contribution < 1.29 is 13.2 Å². The zero-order valence-electron chi connectivity index (χ0n) is 9.40. The summed E-state index contributed by atoms with van der Waals surface area (Å²) >= 11 is 1.59. The van der Waals surface area contributed by atoms with Gasteiger partial charge in [0, 0.05) is 22.2 Å². The summed E-state index contributed by atoms with van der Waals surface area (Å²) in [5.74, 6) is 0. The maximum atomic E-state index is 12.1. The van der Waals surface area contributed by atoms with Gasteiger partial charge in [-0.15, -0.1) is 11.3 Å². The van der Waals surface area contributed by atoms with Gasteiger partial charge in [-0.1, -0.05) is 6.92 Å². The molecule has 0 bridgehead atoms. The van der Waals surface area contributed by atoms with E-state index in [0.29, 0.717) is 0 Å². The van der Waals surface area contributed by atoms with Gasteiger partial charge in [-0.2, -0.15) is 13.2 Å². The summed E-state index contributed by atoms with van der Waals surface area (Å²) in [6.07, 6.45) is -3.78. The summed E-state index contributed by atoms with van der Waals surface area (Å²) in [5.41, 5.74) is 0. The molecule has 0 radical (unpaired) electrons. The van der Waals surface area contributed by atoms with E-state index < -0.39 is 12.6 Å². The van der Waals surface area contributed by atoms with Crippen LogP contribution in [0, 0.1) is 0 Å². The molecule has 1 nitrogen and oxygen atoms in total. The number of rotatable bonds is 5. The van der Waals surface area contributed by atoms with Crippen molar-refractivity contribution in [3.05, 3.63) is 21.9 Å². The molecule has 0 saturated carbocycles. The Morgan fingerprint density at radius 3 is 2.50 bits per heavy atom. The summed E-state index contributed by atoms with van der Waals surface area (Å²) in [6, 6.07) is 3.71. The van der Waals surface area contributed by atoms with Crippen LogP contribution in [0.5, 0.6) is 0 Å². The molecule has 92 valence electrons. The highest BCUT2D eigenvalue weighted by atomic mass is 32.1. The molecule has 0 spiro atoms. The predicted octanol–water partition coefficient (Wildman–Crippen LogP) is 3.91. The summed E-state index contributed by atoms with van der Waals surface area (Å²) in [7, 11) is 1.70. The van der Waals surface area contributed by atoms with Gasteiger partial charge in [-0.3, -0.25) is 0 Å². The van der Waals surface area contributed by atoms with Crippen molar-refractivity contribution in [2.75, 3.05) is 7.05 Å². The second-order valence-corrected chi connectivity index (χ2v) is 4.85. The Balaban J connectivity index is 2.60. The van der Waals surface area contributed by atoms with Crippen LogP contribution in [-0.4, -0.2) is 13.2 Å². The second-order valence-electron chi connectivity index (χ2n) is 3.65. The SMILES string of the molecule is CCc1ccc(C(CCC(F)(F)F)NC)s1. The molecule has 0 aliphatic rings. The maximum absolute atomic E-state index is 12.1. The van der Waals surface area contributed by atoms with Crippen molar-refractivity contribution in [1.29, 1.82) is 0 Å². The van der Waals surface area contributed by atoms with E-state index in [1.807, 2.05) is 19.1 Å². The predicted molar refractivity (Wildman–Crippen MR) is 60.8 cm³/mol. The van der Waals surface area contributed by atoms with Crippen LogP contribution in [0.2, 0.25) is 0 Å². The first kappa shape index (κ1) is 13.5. The van der Waals surface area contributed by atoms with E-state index in [-0.39, 0.29) is 12.5 Å². The van der Waals surface area contributed by atoms with Gasteiger partial charge in [-0.25, -0.2) is 0 Å². The zero-order chi connectivity index (χ0) is 12.2. The van der Waals surface area contributed by atoms with Gasteiger partial charge in [-0.05, 0) is 32.0 Å². The van der Waals surface area contributed by atoms with E-state index >= 15 is 0 Å². The topological polar surface area (TPSA) is 12.0 Å². The normalized spacial score (nSPS) is 14.1. The van der Waals surface area contributed by atoms with E-state index in [1.54, 1.807) is 18.4 Å². The Morgan fingerprint density at radius 1 is 1.38 bits per heavy atom. The van der Waals surface area contributed by atoms with Crippen LogP contribution in [0.3, 0.4) is 0 Å². The van der Waals surface area contributed by atoms with Crippen molar-refractivity contribution in [3.63, 3.8) is 0 Å². The van der Waals surface area contributed by atoms with Gasteiger partial charge < -0.3 is 5.32 Å². The number of thiophene rings is 1. The van der Waals surface area contributed by atoms with Crippen molar-refractivity contribution in [2.45, 2.75) is 38.4 Å². The van der Waals surface area contributed by atoms with E-state index in [2.05, 4.69) is 5.32 Å². The molecular formula is C11H16F3NS. The molecule has 0 aliphatic heterocycles. The van der Waals surface area contributed by atoms with Gasteiger partial charge in [0.05, 0.1) is 0 Å². The highest BCUT2D eigenvalue weighted by molar-refractivity contribution is 7.12. The summed E-state index contributed by atoms with van der Waals surface area (Å²) < 4.78 is 36.3. The van der Waals surface area contributed by atoms with E-state index in [9.17, 15) is 13.2 Å². The minimum Gasteiger partial charge on any atom is -0.312 e. The van der Waals surface area contributed by atoms with Crippen LogP contribution < -0.4 is 5.32 Å². The van der Waals surface area contributed by atoms with Crippen molar-refractivity contribution in [3.8, 4) is 0 Å². The van der Waals surface area contributed by atoms with Crippen LogP contribution >= 0.6 is 11.3 Å². The molecule has 1 unspecified atom stereocenters. The van der Waals surface area contributed by atoms with Crippen LogP contribution in [0.4, 0.5) is 13.2 Å². The average molecular weight is 251 g/mol. The monoisotopic (exact) mass is 251 g/mol. The highest BCUT2D eigenvalue weighted by Crippen LogP contribution is 2.30.